The lowest BCUT2D eigenvalue weighted by Gasteiger charge is -2.38. The zero-order valence-corrected chi connectivity index (χ0v) is 9.27. The van der Waals surface area contributed by atoms with Crippen molar-refractivity contribution in [3.63, 3.8) is 0 Å². The van der Waals surface area contributed by atoms with E-state index in [0.717, 1.165) is 13.0 Å². The van der Waals surface area contributed by atoms with Gasteiger partial charge in [-0.05, 0) is 13.5 Å². The number of hydrogen-bond donors (Lipinski definition) is 1. The van der Waals surface area contributed by atoms with E-state index in [2.05, 4.69) is 11.8 Å². The quantitative estimate of drug-likeness (QED) is 0.672. The van der Waals surface area contributed by atoms with Gasteiger partial charge in [-0.2, -0.15) is 0 Å². The summed E-state index contributed by atoms with van der Waals surface area (Å²) < 4.78 is 0. The summed E-state index contributed by atoms with van der Waals surface area (Å²) in [5, 5.41) is 8.53. The van der Waals surface area contributed by atoms with E-state index in [-0.39, 0.29) is 12.3 Å². The molecule has 1 rings (SSSR count). The number of nitrogens with zero attached hydrogens (tertiary/aromatic N) is 2. The van der Waals surface area contributed by atoms with Gasteiger partial charge >= 0.3 is 5.97 Å². The number of rotatable bonds is 3. The molecule has 1 heterocycles. The second-order valence-corrected chi connectivity index (χ2v) is 3.95. The van der Waals surface area contributed by atoms with Crippen LogP contribution >= 0.6 is 0 Å². The van der Waals surface area contributed by atoms with Crippen LogP contribution in [0.25, 0.3) is 0 Å². The van der Waals surface area contributed by atoms with Gasteiger partial charge in [-0.3, -0.25) is 14.5 Å². The van der Waals surface area contributed by atoms with E-state index in [1.807, 2.05) is 7.05 Å². The van der Waals surface area contributed by atoms with Crippen LogP contribution in [-0.4, -0.2) is 59.5 Å². The SMILES string of the molecule is CCC1CN(C(=O)CC(=O)O)CCN1C. The van der Waals surface area contributed by atoms with Gasteiger partial charge in [0.05, 0.1) is 0 Å². The zero-order valence-electron chi connectivity index (χ0n) is 9.27. The predicted molar refractivity (Wildman–Crippen MR) is 55.5 cm³/mol. The molecule has 1 fully saturated rings. The third-order valence-electron chi connectivity index (χ3n) is 2.90. The number of piperazine rings is 1. The van der Waals surface area contributed by atoms with Crippen LogP contribution in [0.5, 0.6) is 0 Å². The minimum Gasteiger partial charge on any atom is -0.481 e. The summed E-state index contributed by atoms with van der Waals surface area (Å²) in [6.45, 7) is 4.19. The highest BCUT2D eigenvalue weighted by atomic mass is 16.4. The molecule has 1 aliphatic rings. The molecule has 0 spiro atoms. The summed E-state index contributed by atoms with van der Waals surface area (Å²) in [5.74, 6) is -1.32. The second-order valence-electron chi connectivity index (χ2n) is 3.95. The molecule has 15 heavy (non-hydrogen) atoms. The fraction of sp³-hybridized carbons (Fsp3) is 0.800. The molecule has 0 bridgehead atoms. The Hall–Kier alpha value is -1.10. The fourth-order valence-corrected chi connectivity index (χ4v) is 1.85. The second kappa shape index (κ2) is 5.11. The van der Waals surface area contributed by atoms with Gasteiger partial charge in [-0.1, -0.05) is 6.92 Å². The van der Waals surface area contributed by atoms with E-state index < -0.39 is 5.97 Å². The zero-order chi connectivity index (χ0) is 11.4. The van der Waals surface area contributed by atoms with Crippen LogP contribution < -0.4 is 0 Å². The standard InChI is InChI=1S/C10H18N2O3/c1-3-8-7-12(5-4-11(8)2)9(13)6-10(14)15/h8H,3-7H2,1-2H3,(H,14,15). The van der Waals surface area contributed by atoms with Crippen LogP contribution in [-0.2, 0) is 9.59 Å². The Morgan fingerprint density at radius 2 is 2.07 bits per heavy atom. The summed E-state index contributed by atoms with van der Waals surface area (Å²) in [7, 11) is 2.03. The molecule has 0 aromatic heterocycles. The highest BCUT2D eigenvalue weighted by Crippen LogP contribution is 2.11. The monoisotopic (exact) mass is 214 g/mol. The van der Waals surface area contributed by atoms with Gasteiger partial charge in [0.15, 0.2) is 0 Å². The third-order valence-corrected chi connectivity index (χ3v) is 2.90. The summed E-state index contributed by atoms with van der Waals surface area (Å²) in [4.78, 5) is 25.8. The van der Waals surface area contributed by atoms with Crippen molar-refractivity contribution in [3.8, 4) is 0 Å². The molecule has 86 valence electrons. The molecule has 0 radical (unpaired) electrons. The normalized spacial score (nSPS) is 22.8. The molecule has 1 saturated heterocycles. The Balaban J connectivity index is 2.50. The molecule has 1 N–H and O–H groups in total. The van der Waals surface area contributed by atoms with Crippen molar-refractivity contribution in [2.45, 2.75) is 25.8 Å². The van der Waals surface area contributed by atoms with Gasteiger partial charge in [-0.15, -0.1) is 0 Å². The Morgan fingerprint density at radius 3 is 2.60 bits per heavy atom. The molecule has 0 saturated carbocycles. The highest BCUT2D eigenvalue weighted by molar-refractivity contribution is 5.93. The third kappa shape index (κ3) is 3.20. The maximum absolute atomic E-state index is 11.5. The van der Waals surface area contributed by atoms with Crippen LogP contribution in [0.15, 0.2) is 0 Å². The molecule has 1 unspecified atom stereocenters. The van der Waals surface area contributed by atoms with Crippen LogP contribution in [0.1, 0.15) is 19.8 Å². The first-order valence-corrected chi connectivity index (χ1v) is 5.24. The van der Waals surface area contributed by atoms with E-state index in [1.54, 1.807) is 4.90 Å². The molecule has 0 aromatic carbocycles. The number of likely N-dealkylation sites (N-methyl/N-ethyl adjacent to an activating group) is 1. The number of amides is 1. The minimum absolute atomic E-state index is 0.269. The van der Waals surface area contributed by atoms with Crippen molar-refractivity contribution in [3.05, 3.63) is 0 Å². The number of aliphatic carboxylic acids is 1. The van der Waals surface area contributed by atoms with Gasteiger partial charge in [-0.25, -0.2) is 0 Å². The van der Waals surface area contributed by atoms with E-state index >= 15 is 0 Å². The minimum atomic E-state index is -1.05. The summed E-state index contributed by atoms with van der Waals surface area (Å²) >= 11 is 0. The lowest BCUT2D eigenvalue weighted by atomic mass is 10.1. The summed E-state index contributed by atoms with van der Waals surface area (Å²) in [5.41, 5.74) is 0. The largest absolute Gasteiger partial charge is 0.481 e. The highest BCUT2D eigenvalue weighted by Gasteiger charge is 2.26. The van der Waals surface area contributed by atoms with Crippen molar-refractivity contribution in [2.75, 3.05) is 26.7 Å². The molecule has 0 aromatic rings. The van der Waals surface area contributed by atoms with Crippen LogP contribution in [0.4, 0.5) is 0 Å². The number of carbonyl (C=O) groups excluding carboxylic acids is 1. The number of carbonyl (C=O) groups is 2. The predicted octanol–water partition coefficient (Wildman–Crippen LogP) is 0.0137. The van der Waals surface area contributed by atoms with E-state index in [1.165, 1.54) is 0 Å². The first kappa shape index (κ1) is 12.0. The van der Waals surface area contributed by atoms with E-state index in [4.69, 9.17) is 5.11 Å². The molecule has 5 nitrogen and oxygen atoms in total. The Morgan fingerprint density at radius 1 is 1.40 bits per heavy atom. The van der Waals surface area contributed by atoms with Crippen molar-refractivity contribution in [2.24, 2.45) is 0 Å². The number of carboxylic acids is 1. The summed E-state index contributed by atoms with van der Waals surface area (Å²) in [6.07, 6.45) is 0.591. The smallest absolute Gasteiger partial charge is 0.312 e. The van der Waals surface area contributed by atoms with Crippen molar-refractivity contribution in [1.82, 2.24) is 9.80 Å². The van der Waals surface area contributed by atoms with Gasteiger partial charge in [0.1, 0.15) is 6.42 Å². The Bertz CT molecular complexity index is 255. The Labute approximate surface area is 89.7 Å². The van der Waals surface area contributed by atoms with Crippen molar-refractivity contribution >= 4 is 11.9 Å². The molecule has 1 atom stereocenters. The maximum Gasteiger partial charge on any atom is 0.312 e. The van der Waals surface area contributed by atoms with Gasteiger partial charge in [0.2, 0.25) is 5.91 Å². The van der Waals surface area contributed by atoms with Gasteiger partial charge in [0, 0.05) is 25.7 Å². The lowest BCUT2D eigenvalue weighted by molar-refractivity contribution is -0.145. The van der Waals surface area contributed by atoms with Gasteiger partial charge in [0.25, 0.3) is 0 Å². The van der Waals surface area contributed by atoms with Crippen molar-refractivity contribution in [1.29, 1.82) is 0 Å². The van der Waals surface area contributed by atoms with Crippen molar-refractivity contribution < 1.29 is 14.7 Å². The molecule has 1 amide bonds. The first-order chi connectivity index (χ1) is 7.04. The molecule has 0 aliphatic carbocycles. The fourth-order valence-electron chi connectivity index (χ4n) is 1.85. The Kier molecular flexibility index (Phi) is 4.08. The average molecular weight is 214 g/mol. The van der Waals surface area contributed by atoms with Gasteiger partial charge < -0.3 is 10.0 Å². The molecule has 5 heteroatoms. The molecular formula is C10H18N2O3. The maximum atomic E-state index is 11.5. The lowest BCUT2D eigenvalue weighted by Crippen LogP contribution is -2.53. The van der Waals surface area contributed by atoms with E-state index in [0.29, 0.717) is 19.1 Å². The molecule has 1 aliphatic heterocycles. The van der Waals surface area contributed by atoms with Crippen LogP contribution in [0, 0.1) is 0 Å². The topological polar surface area (TPSA) is 60.9 Å². The number of hydrogen-bond acceptors (Lipinski definition) is 3. The molecular weight excluding hydrogens is 196 g/mol. The summed E-state index contributed by atoms with van der Waals surface area (Å²) in [6, 6.07) is 0.358. The van der Waals surface area contributed by atoms with Crippen LogP contribution in [0.3, 0.4) is 0 Å². The van der Waals surface area contributed by atoms with E-state index in [9.17, 15) is 9.59 Å². The first-order valence-electron chi connectivity index (χ1n) is 5.24. The average Bonchev–Trinajstić information content (AvgIpc) is 2.17. The van der Waals surface area contributed by atoms with Crippen LogP contribution in [0.2, 0.25) is 0 Å². The number of carboxylic acid groups (broad SMARTS) is 1.